The predicted octanol–water partition coefficient (Wildman–Crippen LogP) is 4.85. The van der Waals surface area contributed by atoms with Gasteiger partial charge in [0.15, 0.2) is 6.29 Å². The number of ether oxygens (including phenoxy) is 3. The summed E-state index contributed by atoms with van der Waals surface area (Å²) in [6, 6.07) is 0. The van der Waals surface area contributed by atoms with Crippen LogP contribution in [0.4, 0.5) is 0 Å². The quantitative estimate of drug-likeness (QED) is 0.445. The van der Waals surface area contributed by atoms with Crippen molar-refractivity contribution in [2.24, 2.45) is 11.8 Å². The molecule has 1 heterocycles. The molecule has 0 radical (unpaired) electrons. The highest BCUT2D eigenvalue weighted by Crippen LogP contribution is 2.30. The number of unbranched alkanes of at least 4 members (excludes halogenated alkanes) is 3. The van der Waals surface area contributed by atoms with E-state index in [1.165, 1.54) is 38.5 Å². The smallest absolute Gasteiger partial charge is 0.313 e. The average Bonchev–Trinajstić information content (AvgIpc) is 2.62. The zero-order valence-electron chi connectivity index (χ0n) is 15.6. The summed E-state index contributed by atoms with van der Waals surface area (Å²) < 4.78 is 17.0. The Morgan fingerprint density at radius 1 is 0.917 bits per heavy atom. The summed E-state index contributed by atoms with van der Waals surface area (Å²) in [5.41, 5.74) is 0. The summed E-state index contributed by atoms with van der Waals surface area (Å²) in [6.45, 7) is 5.29. The average molecular weight is 341 g/mol. The maximum atomic E-state index is 12.3. The molecule has 0 atom stereocenters. The third-order valence-electron chi connectivity index (χ3n) is 5.39. The SMILES string of the molecule is CCCCCC1CCC(OC(=O)C2COC(CCCC)OC2)CC1. The Morgan fingerprint density at radius 3 is 2.21 bits per heavy atom. The largest absolute Gasteiger partial charge is 0.462 e. The zero-order chi connectivity index (χ0) is 17.2. The first kappa shape index (κ1) is 19.7. The van der Waals surface area contributed by atoms with E-state index < -0.39 is 0 Å². The molecule has 2 aliphatic rings. The number of hydrogen-bond acceptors (Lipinski definition) is 4. The molecule has 1 aliphatic heterocycles. The number of carbonyl (C=O) groups is 1. The van der Waals surface area contributed by atoms with E-state index in [0.29, 0.717) is 13.2 Å². The minimum Gasteiger partial charge on any atom is -0.462 e. The van der Waals surface area contributed by atoms with Gasteiger partial charge in [-0.25, -0.2) is 0 Å². The van der Waals surface area contributed by atoms with Gasteiger partial charge in [0.05, 0.1) is 13.2 Å². The minimum atomic E-state index is -0.245. The van der Waals surface area contributed by atoms with Gasteiger partial charge in [-0.1, -0.05) is 46.0 Å². The number of carbonyl (C=O) groups excluding carboxylic acids is 1. The van der Waals surface area contributed by atoms with Gasteiger partial charge >= 0.3 is 5.97 Å². The summed E-state index contributed by atoms with van der Waals surface area (Å²) in [5.74, 6) is 0.468. The summed E-state index contributed by atoms with van der Waals surface area (Å²) >= 11 is 0. The standard InChI is InChI=1S/C20H36O4/c1-3-5-7-8-16-10-12-18(13-11-16)24-20(21)17-14-22-19(23-15-17)9-6-4-2/h16-19H,3-15H2,1-2H3. The van der Waals surface area contributed by atoms with E-state index in [4.69, 9.17) is 14.2 Å². The van der Waals surface area contributed by atoms with Crippen LogP contribution in [-0.2, 0) is 19.0 Å². The second-order valence-corrected chi connectivity index (χ2v) is 7.51. The summed E-state index contributed by atoms with van der Waals surface area (Å²) in [4.78, 5) is 12.3. The Balaban J connectivity index is 1.60. The van der Waals surface area contributed by atoms with Crippen LogP contribution in [0.15, 0.2) is 0 Å². The first-order valence-electron chi connectivity index (χ1n) is 10.2. The van der Waals surface area contributed by atoms with E-state index in [2.05, 4.69) is 13.8 Å². The topological polar surface area (TPSA) is 44.8 Å². The van der Waals surface area contributed by atoms with E-state index in [1.54, 1.807) is 0 Å². The minimum absolute atomic E-state index is 0.109. The maximum absolute atomic E-state index is 12.3. The van der Waals surface area contributed by atoms with Crippen molar-refractivity contribution in [3.63, 3.8) is 0 Å². The van der Waals surface area contributed by atoms with Crippen molar-refractivity contribution in [3.05, 3.63) is 0 Å². The molecule has 1 saturated heterocycles. The van der Waals surface area contributed by atoms with E-state index in [0.717, 1.165) is 38.0 Å². The zero-order valence-corrected chi connectivity index (χ0v) is 15.6. The molecular formula is C20H36O4. The van der Waals surface area contributed by atoms with Crippen LogP contribution in [0.25, 0.3) is 0 Å². The summed E-state index contributed by atoms with van der Waals surface area (Å²) in [7, 11) is 0. The van der Waals surface area contributed by atoms with Gasteiger partial charge in [-0.3, -0.25) is 4.79 Å². The lowest BCUT2D eigenvalue weighted by Crippen LogP contribution is -2.39. The molecule has 0 bridgehead atoms. The fourth-order valence-electron chi connectivity index (χ4n) is 3.70. The van der Waals surface area contributed by atoms with Crippen molar-refractivity contribution in [1.29, 1.82) is 0 Å². The molecule has 0 amide bonds. The highest BCUT2D eigenvalue weighted by molar-refractivity contribution is 5.73. The van der Waals surface area contributed by atoms with Gasteiger partial charge in [0.1, 0.15) is 12.0 Å². The van der Waals surface area contributed by atoms with Crippen molar-refractivity contribution in [3.8, 4) is 0 Å². The van der Waals surface area contributed by atoms with Gasteiger partial charge < -0.3 is 14.2 Å². The second-order valence-electron chi connectivity index (χ2n) is 7.51. The van der Waals surface area contributed by atoms with Gasteiger partial charge in [0.25, 0.3) is 0 Å². The van der Waals surface area contributed by atoms with Crippen LogP contribution in [0, 0.1) is 11.8 Å². The van der Waals surface area contributed by atoms with Crippen LogP contribution in [0.5, 0.6) is 0 Å². The third-order valence-corrected chi connectivity index (χ3v) is 5.39. The van der Waals surface area contributed by atoms with Crippen molar-refractivity contribution >= 4 is 5.97 Å². The van der Waals surface area contributed by atoms with Crippen LogP contribution < -0.4 is 0 Å². The lowest BCUT2D eigenvalue weighted by Gasteiger charge is -2.32. The highest BCUT2D eigenvalue weighted by Gasteiger charge is 2.31. The Kier molecular flexibility index (Phi) is 9.11. The van der Waals surface area contributed by atoms with Gasteiger partial charge in [-0.15, -0.1) is 0 Å². The lowest BCUT2D eigenvalue weighted by molar-refractivity contribution is -0.214. The molecule has 24 heavy (non-hydrogen) atoms. The molecular weight excluding hydrogens is 304 g/mol. The molecule has 1 saturated carbocycles. The number of esters is 1. The van der Waals surface area contributed by atoms with E-state index in [9.17, 15) is 4.79 Å². The van der Waals surface area contributed by atoms with E-state index in [1.807, 2.05) is 0 Å². The molecule has 0 aromatic rings. The van der Waals surface area contributed by atoms with E-state index in [-0.39, 0.29) is 24.3 Å². The van der Waals surface area contributed by atoms with Gasteiger partial charge in [0, 0.05) is 0 Å². The van der Waals surface area contributed by atoms with Gasteiger partial charge in [-0.05, 0) is 44.4 Å². The van der Waals surface area contributed by atoms with Gasteiger partial charge in [0.2, 0.25) is 0 Å². The molecule has 4 nitrogen and oxygen atoms in total. The molecule has 0 spiro atoms. The third kappa shape index (κ3) is 6.72. The Morgan fingerprint density at radius 2 is 1.58 bits per heavy atom. The predicted molar refractivity (Wildman–Crippen MR) is 94.7 cm³/mol. The molecule has 4 heteroatoms. The van der Waals surface area contributed by atoms with Crippen LogP contribution in [0.2, 0.25) is 0 Å². The molecule has 1 aliphatic carbocycles. The van der Waals surface area contributed by atoms with E-state index >= 15 is 0 Å². The maximum Gasteiger partial charge on any atom is 0.313 e. The normalized spacial score (nSPS) is 30.9. The highest BCUT2D eigenvalue weighted by atomic mass is 16.7. The van der Waals surface area contributed by atoms with Crippen LogP contribution in [0.3, 0.4) is 0 Å². The molecule has 0 N–H and O–H groups in total. The van der Waals surface area contributed by atoms with Crippen molar-refractivity contribution < 1.29 is 19.0 Å². The molecule has 0 aromatic heterocycles. The summed E-state index contributed by atoms with van der Waals surface area (Å²) in [5, 5.41) is 0. The molecule has 0 unspecified atom stereocenters. The molecule has 140 valence electrons. The second kappa shape index (κ2) is 11.1. The fourth-order valence-corrected chi connectivity index (χ4v) is 3.70. The Labute approximate surface area is 147 Å². The Hall–Kier alpha value is -0.610. The number of rotatable bonds is 9. The Bertz CT molecular complexity index is 342. The van der Waals surface area contributed by atoms with Gasteiger partial charge in [-0.2, -0.15) is 0 Å². The summed E-state index contributed by atoms with van der Waals surface area (Å²) in [6.07, 6.45) is 12.9. The number of hydrogen-bond donors (Lipinski definition) is 0. The van der Waals surface area contributed by atoms with Crippen LogP contribution in [0.1, 0.15) is 84.5 Å². The fraction of sp³-hybridized carbons (Fsp3) is 0.950. The molecule has 2 fully saturated rings. The monoisotopic (exact) mass is 340 g/mol. The lowest BCUT2D eigenvalue weighted by atomic mass is 9.84. The first-order valence-corrected chi connectivity index (χ1v) is 10.2. The van der Waals surface area contributed by atoms with Crippen LogP contribution >= 0.6 is 0 Å². The van der Waals surface area contributed by atoms with Crippen molar-refractivity contribution in [2.75, 3.05) is 13.2 Å². The first-order chi connectivity index (χ1) is 11.7. The van der Waals surface area contributed by atoms with Crippen LogP contribution in [-0.4, -0.2) is 31.6 Å². The van der Waals surface area contributed by atoms with Crippen molar-refractivity contribution in [1.82, 2.24) is 0 Å². The molecule has 0 aromatic carbocycles. The molecule has 2 rings (SSSR count). The van der Waals surface area contributed by atoms with Crippen molar-refractivity contribution in [2.45, 2.75) is 96.9 Å².